The summed E-state index contributed by atoms with van der Waals surface area (Å²) in [6, 6.07) is 7.00. The van der Waals surface area contributed by atoms with Crippen molar-refractivity contribution in [2.75, 3.05) is 11.6 Å². The van der Waals surface area contributed by atoms with Crippen LogP contribution in [0, 0.1) is 0 Å². The molecule has 0 atom stereocenters. The van der Waals surface area contributed by atoms with E-state index in [0.29, 0.717) is 6.54 Å². The zero-order valence-electron chi connectivity index (χ0n) is 9.87. The minimum absolute atomic E-state index is 0.0782. The van der Waals surface area contributed by atoms with Crippen LogP contribution in [0.3, 0.4) is 0 Å². The van der Waals surface area contributed by atoms with Crippen molar-refractivity contribution in [3.8, 4) is 0 Å². The summed E-state index contributed by atoms with van der Waals surface area (Å²) in [4.78, 5) is 7.90. The molecule has 1 N–H and O–H groups in total. The summed E-state index contributed by atoms with van der Waals surface area (Å²) in [5.74, 6) is 0. The normalized spacial score (nSPS) is 11.2. The van der Waals surface area contributed by atoms with Gasteiger partial charge in [0.15, 0.2) is 14.9 Å². The maximum Gasteiger partial charge on any atom is 0.192 e. The van der Waals surface area contributed by atoms with E-state index in [1.165, 1.54) is 12.3 Å². The predicted molar refractivity (Wildman–Crippen MR) is 68.9 cm³/mol. The van der Waals surface area contributed by atoms with Crippen LogP contribution >= 0.6 is 0 Å². The van der Waals surface area contributed by atoms with E-state index in [9.17, 15) is 8.42 Å². The molecule has 6 heteroatoms. The van der Waals surface area contributed by atoms with Gasteiger partial charge in [-0.25, -0.2) is 13.4 Å². The highest BCUT2D eigenvalue weighted by Gasteiger charge is 2.07. The second-order valence-electron chi connectivity index (χ2n) is 3.87. The molecule has 2 heterocycles. The van der Waals surface area contributed by atoms with Gasteiger partial charge >= 0.3 is 0 Å². The summed E-state index contributed by atoms with van der Waals surface area (Å²) in [7, 11) is -3.24. The smallest absolute Gasteiger partial charge is 0.192 e. The highest BCUT2D eigenvalue weighted by Crippen LogP contribution is 2.11. The Kier molecular flexibility index (Phi) is 3.57. The van der Waals surface area contributed by atoms with Gasteiger partial charge in [-0.15, -0.1) is 0 Å². The van der Waals surface area contributed by atoms with Gasteiger partial charge < -0.3 is 5.32 Å². The second kappa shape index (κ2) is 5.14. The number of hydrogen-bond donors (Lipinski definition) is 1. The summed E-state index contributed by atoms with van der Waals surface area (Å²) in [5.41, 5.74) is 1.82. The van der Waals surface area contributed by atoms with Crippen LogP contribution < -0.4 is 5.32 Å². The van der Waals surface area contributed by atoms with Crippen LogP contribution in [0.15, 0.2) is 47.9 Å². The SMILES string of the molecule is CS(=O)(=O)c1ccc(NCc2cccnc2)cn1. The van der Waals surface area contributed by atoms with Gasteiger partial charge in [0, 0.05) is 25.2 Å². The summed E-state index contributed by atoms with van der Waals surface area (Å²) >= 11 is 0. The molecule has 0 saturated heterocycles. The van der Waals surface area contributed by atoms with Crippen molar-refractivity contribution in [1.82, 2.24) is 9.97 Å². The fraction of sp³-hybridized carbons (Fsp3) is 0.167. The maximum atomic E-state index is 11.2. The first-order valence-corrected chi connectivity index (χ1v) is 7.24. The van der Waals surface area contributed by atoms with E-state index in [2.05, 4.69) is 15.3 Å². The summed E-state index contributed by atoms with van der Waals surface area (Å²) in [6.07, 6.45) is 6.13. The number of hydrogen-bond acceptors (Lipinski definition) is 5. The first-order chi connectivity index (χ1) is 8.55. The van der Waals surface area contributed by atoms with Crippen LogP contribution in [0.1, 0.15) is 5.56 Å². The first kappa shape index (κ1) is 12.5. The van der Waals surface area contributed by atoms with Crippen molar-refractivity contribution in [2.24, 2.45) is 0 Å². The molecule has 0 amide bonds. The van der Waals surface area contributed by atoms with Gasteiger partial charge in [0.1, 0.15) is 0 Å². The number of sulfone groups is 1. The minimum Gasteiger partial charge on any atom is -0.380 e. The van der Waals surface area contributed by atoms with Crippen LogP contribution in [0.2, 0.25) is 0 Å². The molecule has 0 aromatic carbocycles. The highest BCUT2D eigenvalue weighted by atomic mass is 32.2. The fourth-order valence-electron chi connectivity index (χ4n) is 1.41. The molecule has 0 bridgehead atoms. The number of aromatic nitrogens is 2. The molecule has 0 fully saturated rings. The van der Waals surface area contributed by atoms with Crippen LogP contribution in [0.25, 0.3) is 0 Å². The molecule has 94 valence electrons. The highest BCUT2D eigenvalue weighted by molar-refractivity contribution is 7.90. The molecule has 0 saturated carbocycles. The van der Waals surface area contributed by atoms with Crippen LogP contribution in [-0.4, -0.2) is 24.6 Å². The van der Waals surface area contributed by atoms with Gasteiger partial charge in [0.2, 0.25) is 0 Å². The van der Waals surface area contributed by atoms with Crippen molar-refractivity contribution in [3.63, 3.8) is 0 Å². The lowest BCUT2D eigenvalue weighted by molar-refractivity contribution is 0.598. The standard InChI is InChI=1S/C12H13N3O2S/c1-18(16,17)12-5-4-11(9-15-12)14-8-10-3-2-6-13-7-10/h2-7,9,14H,8H2,1H3. The zero-order valence-corrected chi connectivity index (χ0v) is 10.7. The van der Waals surface area contributed by atoms with Crippen LogP contribution in [0.5, 0.6) is 0 Å². The van der Waals surface area contributed by atoms with E-state index >= 15 is 0 Å². The molecule has 0 aliphatic rings. The molecule has 0 aliphatic carbocycles. The molecular formula is C12H13N3O2S. The molecule has 18 heavy (non-hydrogen) atoms. The Morgan fingerprint density at radius 2 is 2.06 bits per heavy atom. The molecule has 0 spiro atoms. The van der Waals surface area contributed by atoms with E-state index in [4.69, 9.17) is 0 Å². The lowest BCUT2D eigenvalue weighted by atomic mass is 10.3. The molecule has 0 aliphatic heterocycles. The Hall–Kier alpha value is -1.95. The second-order valence-corrected chi connectivity index (χ2v) is 5.83. The van der Waals surface area contributed by atoms with E-state index in [-0.39, 0.29) is 5.03 Å². The number of pyridine rings is 2. The molecular weight excluding hydrogens is 250 g/mol. The number of anilines is 1. The quantitative estimate of drug-likeness (QED) is 0.905. The molecule has 0 radical (unpaired) electrons. The molecule has 2 aromatic rings. The molecule has 2 aromatic heterocycles. The van der Waals surface area contributed by atoms with Gasteiger partial charge in [0.05, 0.1) is 11.9 Å². The summed E-state index contributed by atoms with van der Waals surface area (Å²) < 4.78 is 22.5. The topological polar surface area (TPSA) is 72.0 Å². The zero-order chi connectivity index (χ0) is 13.0. The predicted octanol–water partition coefficient (Wildman–Crippen LogP) is 1.49. The Labute approximate surface area is 106 Å². The van der Waals surface area contributed by atoms with Crippen LogP contribution in [0.4, 0.5) is 5.69 Å². The minimum atomic E-state index is -3.24. The third-order valence-corrected chi connectivity index (χ3v) is 3.34. The molecule has 0 unspecified atom stereocenters. The number of rotatable bonds is 4. The van der Waals surface area contributed by atoms with Crippen molar-refractivity contribution >= 4 is 15.5 Å². The average molecular weight is 263 g/mol. The number of nitrogens with zero attached hydrogens (tertiary/aromatic N) is 2. The number of nitrogens with one attached hydrogen (secondary N) is 1. The van der Waals surface area contributed by atoms with Gasteiger partial charge in [-0.2, -0.15) is 0 Å². The van der Waals surface area contributed by atoms with E-state index in [0.717, 1.165) is 17.5 Å². The van der Waals surface area contributed by atoms with Crippen molar-refractivity contribution < 1.29 is 8.42 Å². The Morgan fingerprint density at radius 3 is 2.61 bits per heavy atom. The monoisotopic (exact) mass is 263 g/mol. The lowest BCUT2D eigenvalue weighted by Gasteiger charge is -2.06. The van der Waals surface area contributed by atoms with Gasteiger partial charge in [-0.3, -0.25) is 4.98 Å². The Balaban J connectivity index is 2.03. The van der Waals surface area contributed by atoms with Crippen LogP contribution in [-0.2, 0) is 16.4 Å². The van der Waals surface area contributed by atoms with Gasteiger partial charge in [-0.05, 0) is 23.8 Å². The van der Waals surface area contributed by atoms with E-state index in [1.54, 1.807) is 18.5 Å². The summed E-state index contributed by atoms with van der Waals surface area (Å²) in [5, 5.41) is 3.22. The molecule has 2 rings (SSSR count). The van der Waals surface area contributed by atoms with Gasteiger partial charge in [-0.1, -0.05) is 6.07 Å². The first-order valence-electron chi connectivity index (χ1n) is 5.34. The average Bonchev–Trinajstić information content (AvgIpc) is 2.37. The Bertz CT molecular complexity index is 610. The summed E-state index contributed by atoms with van der Waals surface area (Å²) in [6.45, 7) is 0.619. The van der Waals surface area contributed by atoms with Crippen molar-refractivity contribution in [1.29, 1.82) is 0 Å². The Morgan fingerprint density at radius 1 is 1.22 bits per heavy atom. The van der Waals surface area contributed by atoms with Gasteiger partial charge in [0.25, 0.3) is 0 Å². The lowest BCUT2D eigenvalue weighted by Crippen LogP contribution is -2.03. The largest absolute Gasteiger partial charge is 0.380 e. The van der Waals surface area contributed by atoms with E-state index < -0.39 is 9.84 Å². The third-order valence-electron chi connectivity index (χ3n) is 2.34. The molecule has 5 nitrogen and oxygen atoms in total. The third kappa shape index (κ3) is 3.27. The maximum absolute atomic E-state index is 11.2. The van der Waals surface area contributed by atoms with Crippen molar-refractivity contribution in [3.05, 3.63) is 48.4 Å². The van der Waals surface area contributed by atoms with Crippen molar-refractivity contribution in [2.45, 2.75) is 11.6 Å². The van der Waals surface area contributed by atoms with E-state index in [1.807, 2.05) is 12.1 Å². The fourth-order valence-corrected chi connectivity index (χ4v) is 1.97.